The van der Waals surface area contributed by atoms with Crippen LogP contribution in [0.4, 0.5) is 0 Å². The first-order valence-electron chi connectivity index (χ1n) is 10.4. The SMILES string of the molecule is CO[Si]1(OC)C(C(C)(C)C)(C(C)(C)C)CCCC1(C(C)(C)C)C(C)(C)C. The molecule has 1 fully saturated rings. The van der Waals surface area contributed by atoms with Gasteiger partial charge in [0, 0.05) is 24.3 Å². The lowest BCUT2D eigenvalue weighted by molar-refractivity contribution is -0.0404. The van der Waals surface area contributed by atoms with E-state index in [1.165, 1.54) is 19.3 Å². The molecule has 0 N–H and O–H groups in total. The van der Waals surface area contributed by atoms with Crippen molar-refractivity contribution in [2.75, 3.05) is 14.2 Å². The van der Waals surface area contributed by atoms with Crippen molar-refractivity contribution in [2.24, 2.45) is 21.7 Å². The van der Waals surface area contributed by atoms with Gasteiger partial charge >= 0.3 is 8.56 Å². The summed E-state index contributed by atoms with van der Waals surface area (Å²) in [5, 5.41) is 0.0185. The molecule has 3 heteroatoms. The van der Waals surface area contributed by atoms with Crippen LogP contribution in [0.3, 0.4) is 0 Å². The molecule has 0 aromatic carbocycles. The van der Waals surface area contributed by atoms with Gasteiger partial charge in [0.05, 0.1) is 0 Å². The van der Waals surface area contributed by atoms with E-state index in [1.807, 2.05) is 14.2 Å². The van der Waals surface area contributed by atoms with Crippen molar-refractivity contribution in [3.8, 4) is 0 Å². The molecule has 0 radical (unpaired) electrons. The van der Waals surface area contributed by atoms with Crippen LogP contribution in [0.2, 0.25) is 10.1 Å². The Bertz CT molecular complexity index is 420. The topological polar surface area (TPSA) is 18.5 Å². The van der Waals surface area contributed by atoms with Crippen molar-refractivity contribution < 1.29 is 8.85 Å². The Hall–Kier alpha value is 0.137. The van der Waals surface area contributed by atoms with Crippen LogP contribution < -0.4 is 0 Å². The zero-order chi connectivity index (χ0) is 21.0. The third-order valence-electron chi connectivity index (χ3n) is 7.92. The predicted molar refractivity (Wildman–Crippen MR) is 117 cm³/mol. The van der Waals surface area contributed by atoms with Crippen molar-refractivity contribution >= 4 is 8.56 Å². The normalized spacial score (nSPS) is 23.8. The lowest BCUT2D eigenvalue weighted by atomic mass is 9.59. The average molecular weight is 385 g/mol. The molecular formula is C23H48O2Si. The summed E-state index contributed by atoms with van der Waals surface area (Å²) < 4.78 is 13.6. The van der Waals surface area contributed by atoms with E-state index in [0.717, 1.165) is 0 Å². The summed E-state index contributed by atoms with van der Waals surface area (Å²) in [6.45, 7) is 29.0. The molecule has 1 heterocycles. The lowest BCUT2D eigenvalue weighted by Crippen LogP contribution is -2.75. The summed E-state index contributed by atoms with van der Waals surface area (Å²) in [4.78, 5) is 0. The Kier molecular flexibility index (Phi) is 6.13. The van der Waals surface area contributed by atoms with Crippen LogP contribution in [0, 0.1) is 21.7 Å². The zero-order valence-electron chi connectivity index (χ0n) is 20.4. The van der Waals surface area contributed by atoms with E-state index >= 15 is 0 Å². The molecule has 156 valence electrons. The van der Waals surface area contributed by atoms with E-state index in [2.05, 4.69) is 83.1 Å². The fraction of sp³-hybridized carbons (Fsp3) is 1.00. The maximum absolute atomic E-state index is 6.78. The summed E-state index contributed by atoms with van der Waals surface area (Å²) in [7, 11) is 1.16. The first-order chi connectivity index (χ1) is 11.3. The van der Waals surface area contributed by atoms with Gasteiger partial charge in [0.15, 0.2) is 0 Å². The molecule has 0 unspecified atom stereocenters. The lowest BCUT2D eigenvalue weighted by Gasteiger charge is -2.73. The van der Waals surface area contributed by atoms with Gasteiger partial charge in [-0.15, -0.1) is 0 Å². The highest BCUT2D eigenvalue weighted by Crippen LogP contribution is 2.81. The molecule has 1 rings (SSSR count). The molecule has 0 spiro atoms. The zero-order valence-corrected chi connectivity index (χ0v) is 21.4. The summed E-state index contributed by atoms with van der Waals surface area (Å²) in [6, 6.07) is 0. The van der Waals surface area contributed by atoms with Gasteiger partial charge in [0.1, 0.15) is 0 Å². The minimum atomic E-state index is -2.73. The van der Waals surface area contributed by atoms with Gasteiger partial charge in [0.2, 0.25) is 0 Å². The Morgan fingerprint density at radius 2 is 0.769 bits per heavy atom. The van der Waals surface area contributed by atoms with Crippen LogP contribution in [0.15, 0.2) is 0 Å². The number of hydrogen-bond acceptors (Lipinski definition) is 2. The smallest absolute Gasteiger partial charge is 0.352 e. The van der Waals surface area contributed by atoms with E-state index < -0.39 is 8.56 Å². The predicted octanol–water partition coefficient (Wildman–Crippen LogP) is 7.57. The van der Waals surface area contributed by atoms with E-state index in [4.69, 9.17) is 8.85 Å². The third kappa shape index (κ3) is 2.78. The molecule has 2 nitrogen and oxygen atoms in total. The van der Waals surface area contributed by atoms with Crippen molar-refractivity contribution in [1.29, 1.82) is 0 Å². The van der Waals surface area contributed by atoms with E-state index in [1.54, 1.807) is 0 Å². The molecule has 26 heavy (non-hydrogen) atoms. The monoisotopic (exact) mass is 384 g/mol. The molecule has 0 aromatic rings. The van der Waals surface area contributed by atoms with Crippen LogP contribution in [0.25, 0.3) is 0 Å². The van der Waals surface area contributed by atoms with Gasteiger partial charge < -0.3 is 8.85 Å². The van der Waals surface area contributed by atoms with Crippen LogP contribution in [0.5, 0.6) is 0 Å². The standard InChI is InChI=1S/C23H48O2Si/c1-18(2,3)22(19(4,5)6)16-15-17-23(20(7,8)9,21(10,11)12)26(22,24-13)25-14/h15-17H2,1-14H3. The first-order valence-corrected chi connectivity index (χ1v) is 12.2. The van der Waals surface area contributed by atoms with Crippen molar-refractivity contribution in [1.82, 2.24) is 0 Å². The van der Waals surface area contributed by atoms with Crippen molar-refractivity contribution in [3.05, 3.63) is 0 Å². The highest BCUT2D eigenvalue weighted by molar-refractivity contribution is 6.75. The summed E-state index contributed by atoms with van der Waals surface area (Å²) in [5.74, 6) is 0. The van der Waals surface area contributed by atoms with E-state index in [9.17, 15) is 0 Å². The Morgan fingerprint density at radius 3 is 0.923 bits per heavy atom. The van der Waals surface area contributed by atoms with Crippen molar-refractivity contribution in [3.63, 3.8) is 0 Å². The largest absolute Gasteiger partial charge is 0.397 e. The molecule has 1 saturated heterocycles. The molecule has 1 aliphatic heterocycles. The molecule has 0 bridgehead atoms. The Morgan fingerprint density at radius 1 is 0.538 bits per heavy atom. The third-order valence-corrected chi connectivity index (χ3v) is 14.8. The number of hydrogen-bond donors (Lipinski definition) is 0. The van der Waals surface area contributed by atoms with E-state index in [0.29, 0.717) is 0 Å². The van der Waals surface area contributed by atoms with Gasteiger partial charge in [-0.1, -0.05) is 89.5 Å². The maximum Gasteiger partial charge on any atom is 0.352 e. The van der Waals surface area contributed by atoms with Crippen LogP contribution >= 0.6 is 0 Å². The molecule has 0 saturated carbocycles. The van der Waals surface area contributed by atoms with Gasteiger partial charge in [0.25, 0.3) is 0 Å². The fourth-order valence-electron chi connectivity index (χ4n) is 7.82. The fourth-order valence-corrected chi connectivity index (χ4v) is 15.1. The van der Waals surface area contributed by atoms with E-state index in [-0.39, 0.29) is 31.7 Å². The first kappa shape index (κ1) is 24.2. The van der Waals surface area contributed by atoms with Gasteiger partial charge in [-0.2, -0.15) is 0 Å². The van der Waals surface area contributed by atoms with Gasteiger partial charge in [-0.05, 0) is 34.5 Å². The second-order valence-corrected chi connectivity index (χ2v) is 16.4. The second kappa shape index (κ2) is 6.59. The Labute approximate surface area is 166 Å². The molecule has 0 atom stereocenters. The second-order valence-electron chi connectivity index (χ2n) is 12.7. The molecule has 0 amide bonds. The van der Waals surface area contributed by atoms with Gasteiger partial charge in [-0.25, -0.2) is 0 Å². The molecule has 1 aliphatic rings. The Balaban J connectivity index is 4.17. The maximum atomic E-state index is 6.78. The highest BCUT2D eigenvalue weighted by Gasteiger charge is 2.80. The van der Waals surface area contributed by atoms with Crippen LogP contribution in [0.1, 0.15) is 102 Å². The molecule has 0 aliphatic carbocycles. The molecule has 0 aromatic heterocycles. The minimum absolute atomic E-state index is 0.00924. The van der Waals surface area contributed by atoms with Crippen molar-refractivity contribution in [2.45, 2.75) is 112 Å². The summed E-state index contributed by atoms with van der Waals surface area (Å²) in [5.41, 5.74) is 0.356. The van der Waals surface area contributed by atoms with Crippen LogP contribution in [-0.2, 0) is 8.85 Å². The average Bonchev–Trinajstić information content (AvgIpc) is 2.40. The number of rotatable bonds is 2. The van der Waals surface area contributed by atoms with Crippen LogP contribution in [-0.4, -0.2) is 22.8 Å². The van der Waals surface area contributed by atoms with Gasteiger partial charge in [-0.3, -0.25) is 0 Å². The summed E-state index contributed by atoms with van der Waals surface area (Å²) in [6.07, 6.45) is 3.61. The summed E-state index contributed by atoms with van der Waals surface area (Å²) >= 11 is 0. The minimum Gasteiger partial charge on any atom is -0.397 e. The molecular weight excluding hydrogens is 336 g/mol. The highest BCUT2D eigenvalue weighted by atomic mass is 28.4. The quantitative estimate of drug-likeness (QED) is 0.457.